The molecule has 1 rings (SSSR count). The van der Waals surface area contributed by atoms with Gasteiger partial charge < -0.3 is 5.11 Å². The predicted octanol–water partition coefficient (Wildman–Crippen LogP) is 1.50. The summed E-state index contributed by atoms with van der Waals surface area (Å²) in [4.78, 5) is 12.5. The third kappa shape index (κ3) is 3.19. The van der Waals surface area contributed by atoms with Crippen molar-refractivity contribution in [1.82, 2.24) is 4.90 Å². The van der Waals surface area contributed by atoms with Crippen LogP contribution in [0.5, 0.6) is 0 Å². The number of rotatable bonds is 4. The average molecular weight is 183 g/mol. The van der Waals surface area contributed by atoms with Crippen LogP contribution in [0, 0.1) is 0 Å². The normalized spacial score (nSPS) is 22.2. The van der Waals surface area contributed by atoms with E-state index in [-0.39, 0.29) is 6.54 Å². The fourth-order valence-electron chi connectivity index (χ4n) is 1.74. The van der Waals surface area contributed by atoms with E-state index in [0.29, 0.717) is 6.04 Å². The van der Waals surface area contributed by atoms with Gasteiger partial charge in [-0.05, 0) is 25.8 Å². The van der Waals surface area contributed by atoms with Crippen molar-refractivity contribution in [3.63, 3.8) is 0 Å². The molecule has 3 nitrogen and oxygen atoms in total. The number of hydrogen-bond acceptors (Lipinski definition) is 2. The Morgan fingerprint density at radius 2 is 2.46 bits per heavy atom. The first-order valence-corrected chi connectivity index (χ1v) is 4.86. The van der Waals surface area contributed by atoms with Crippen LogP contribution in [-0.2, 0) is 4.79 Å². The molecule has 3 heteroatoms. The Bertz CT molecular complexity index is 201. The summed E-state index contributed by atoms with van der Waals surface area (Å²) in [6, 6.07) is 0.342. The van der Waals surface area contributed by atoms with E-state index >= 15 is 0 Å². The van der Waals surface area contributed by atoms with Gasteiger partial charge in [0.25, 0.3) is 0 Å². The van der Waals surface area contributed by atoms with Crippen LogP contribution in [0.3, 0.4) is 0 Å². The number of carboxylic acid groups (broad SMARTS) is 1. The predicted molar refractivity (Wildman–Crippen MR) is 51.7 cm³/mol. The van der Waals surface area contributed by atoms with Gasteiger partial charge >= 0.3 is 5.97 Å². The Kier molecular flexibility index (Phi) is 3.96. The molecule has 1 N–H and O–H groups in total. The summed E-state index contributed by atoms with van der Waals surface area (Å²) in [6.07, 6.45) is 7.70. The summed E-state index contributed by atoms with van der Waals surface area (Å²) >= 11 is 0. The topological polar surface area (TPSA) is 40.5 Å². The van der Waals surface area contributed by atoms with Crippen LogP contribution >= 0.6 is 0 Å². The third-order valence-corrected chi connectivity index (χ3v) is 2.44. The van der Waals surface area contributed by atoms with Crippen LogP contribution in [0.25, 0.3) is 0 Å². The van der Waals surface area contributed by atoms with Crippen molar-refractivity contribution >= 4 is 5.97 Å². The van der Waals surface area contributed by atoms with Crippen LogP contribution in [0.15, 0.2) is 12.2 Å². The van der Waals surface area contributed by atoms with Crippen molar-refractivity contribution in [2.75, 3.05) is 13.1 Å². The molecule has 74 valence electrons. The van der Waals surface area contributed by atoms with Crippen molar-refractivity contribution in [1.29, 1.82) is 0 Å². The van der Waals surface area contributed by atoms with E-state index in [2.05, 4.69) is 12.2 Å². The largest absolute Gasteiger partial charge is 0.480 e. The molecule has 0 aromatic heterocycles. The quantitative estimate of drug-likeness (QED) is 0.671. The Morgan fingerprint density at radius 1 is 1.69 bits per heavy atom. The molecule has 0 heterocycles. The number of likely N-dealkylation sites (N-methyl/N-ethyl adjacent to an activating group) is 1. The lowest BCUT2D eigenvalue weighted by Gasteiger charge is -2.28. The summed E-state index contributed by atoms with van der Waals surface area (Å²) in [5.41, 5.74) is 0. The van der Waals surface area contributed by atoms with Gasteiger partial charge in [0.2, 0.25) is 0 Å². The van der Waals surface area contributed by atoms with Crippen molar-refractivity contribution in [2.24, 2.45) is 0 Å². The van der Waals surface area contributed by atoms with Crippen molar-refractivity contribution in [3.8, 4) is 0 Å². The molecule has 1 atom stereocenters. The van der Waals surface area contributed by atoms with E-state index in [0.717, 1.165) is 19.4 Å². The molecule has 13 heavy (non-hydrogen) atoms. The van der Waals surface area contributed by atoms with Gasteiger partial charge in [-0.2, -0.15) is 0 Å². The highest BCUT2D eigenvalue weighted by atomic mass is 16.4. The van der Waals surface area contributed by atoms with Crippen molar-refractivity contribution in [2.45, 2.75) is 32.2 Å². The highest BCUT2D eigenvalue weighted by Crippen LogP contribution is 2.15. The molecule has 0 saturated heterocycles. The molecule has 0 fully saturated rings. The fraction of sp³-hybridized carbons (Fsp3) is 0.700. The van der Waals surface area contributed by atoms with Crippen molar-refractivity contribution in [3.05, 3.63) is 12.2 Å². The maximum absolute atomic E-state index is 10.5. The minimum absolute atomic E-state index is 0.158. The van der Waals surface area contributed by atoms with E-state index < -0.39 is 5.97 Å². The van der Waals surface area contributed by atoms with Gasteiger partial charge in [-0.3, -0.25) is 9.69 Å². The van der Waals surface area contributed by atoms with Gasteiger partial charge in [-0.1, -0.05) is 19.1 Å². The van der Waals surface area contributed by atoms with Gasteiger partial charge in [-0.25, -0.2) is 0 Å². The lowest BCUT2D eigenvalue weighted by Crippen LogP contribution is -2.38. The molecule has 0 bridgehead atoms. The molecule has 1 unspecified atom stereocenters. The zero-order chi connectivity index (χ0) is 9.68. The smallest absolute Gasteiger partial charge is 0.317 e. The highest BCUT2D eigenvalue weighted by Gasteiger charge is 2.17. The maximum atomic E-state index is 10.5. The lowest BCUT2D eigenvalue weighted by atomic mass is 10.0. The number of carbonyl (C=O) groups is 1. The first-order valence-electron chi connectivity index (χ1n) is 4.86. The van der Waals surface area contributed by atoms with Gasteiger partial charge in [0, 0.05) is 6.04 Å². The Morgan fingerprint density at radius 3 is 2.92 bits per heavy atom. The first-order chi connectivity index (χ1) is 6.24. The van der Waals surface area contributed by atoms with Crippen LogP contribution in [0.4, 0.5) is 0 Å². The molecule has 0 aromatic rings. The Balaban J connectivity index is 2.49. The number of carboxylic acids is 1. The van der Waals surface area contributed by atoms with Gasteiger partial charge in [-0.15, -0.1) is 0 Å². The monoisotopic (exact) mass is 183 g/mol. The number of aliphatic carboxylic acids is 1. The van der Waals surface area contributed by atoms with Gasteiger partial charge in [0.05, 0.1) is 6.54 Å². The number of allylic oxidation sites excluding steroid dienone is 1. The van der Waals surface area contributed by atoms with E-state index in [1.54, 1.807) is 0 Å². The van der Waals surface area contributed by atoms with Crippen LogP contribution < -0.4 is 0 Å². The fourth-order valence-corrected chi connectivity index (χ4v) is 1.74. The first kappa shape index (κ1) is 10.3. The van der Waals surface area contributed by atoms with E-state index in [1.165, 1.54) is 6.42 Å². The van der Waals surface area contributed by atoms with E-state index in [1.807, 2.05) is 11.8 Å². The van der Waals surface area contributed by atoms with E-state index in [4.69, 9.17) is 5.11 Å². The van der Waals surface area contributed by atoms with Crippen LogP contribution in [0.2, 0.25) is 0 Å². The minimum Gasteiger partial charge on any atom is -0.480 e. The molecular weight excluding hydrogens is 166 g/mol. The average Bonchev–Trinajstić information content (AvgIpc) is 2.15. The maximum Gasteiger partial charge on any atom is 0.317 e. The number of nitrogens with zero attached hydrogens (tertiary/aromatic N) is 1. The second-order valence-corrected chi connectivity index (χ2v) is 3.38. The van der Waals surface area contributed by atoms with Crippen LogP contribution in [0.1, 0.15) is 26.2 Å². The third-order valence-electron chi connectivity index (χ3n) is 2.44. The van der Waals surface area contributed by atoms with Gasteiger partial charge in [0.1, 0.15) is 0 Å². The van der Waals surface area contributed by atoms with Gasteiger partial charge in [0.15, 0.2) is 0 Å². The summed E-state index contributed by atoms with van der Waals surface area (Å²) in [7, 11) is 0. The molecule has 0 spiro atoms. The Hall–Kier alpha value is -0.830. The molecule has 0 amide bonds. The summed E-state index contributed by atoms with van der Waals surface area (Å²) in [5.74, 6) is -0.735. The van der Waals surface area contributed by atoms with E-state index in [9.17, 15) is 4.79 Å². The summed E-state index contributed by atoms with van der Waals surface area (Å²) in [6.45, 7) is 2.97. The highest BCUT2D eigenvalue weighted by molar-refractivity contribution is 5.69. The zero-order valence-corrected chi connectivity index (χ0v) is 8.07. The SMILES string of the molecule is CCN(CC(=O)O)C1C=CCCC1. The standard InChI is InChI=1S/C10H17NO2/c1-2-11(8-10(12)13)9-6-4-3-5-7-9/h4,6,9H,2-3,5,7-8H2,1H3,(H,12,13). The number of hydrogen-bond donors (Lipinski definition) is 1. The molecule has 0 saturated carbocycles. The van der Waals surface area contributed by atoms with Crippen molar-refractivity contribution < 1.29 is 9.90 Å². The minimum atomic E-state index is -0.735. The van der Waals surface area contributed by atoms with Crippen LogP contribution in [-0.4, -0.2) is 35.1 Å². The summed E-state index contributed by atoms with van der Waals surface area (Å²) < 4.78 is 0. The molecule has 1 aliphatic carbocycles. The molecule has 0 aliphatic heterocycles. The second-order valence-electron chi connectivity index (χ2n) is 3.38. The second kappa shape index (κ2) is 5.02. The zero-order valence-electron chi connectivity index (χ0n) is 8.07. The Labute approximate surface area is 79.0 Å². The molecule has 1 aliphatic rings. The molecule has 0 radical (unpaired) electrons. The lowest BCUT2D eigenvalue weighted by molar-refractivity contribution is -0.138. The summed E-state index contributed by atoms with van der Waals surface area (Å²) in [5, 5.41) is 8.68. The molecule has 0 aromatic carbocycles. The molecular formula is C10H17NO2.